The van der Waals surface area contributed by atoms with Crippen molar-refractivity contribution >= 4 is 101 Å². The van der Waals surface area contributed by atoms with E-state index in [1.807, 2.05) is 12.1 Å². The van der Waals surface area contributed by atoms with Crippen LogP contribution in [0.5, 0.6) is 0 Å². The number of rotatable bonds is 9. The summed E-state index contributed by atoms with van der Waals surface area (Å²) in [4.78, 5) is 4.94. The zero-order valence-electron chi connectivity index (χ0n) is 97.6. The largest absolute Gasteiger partial charge is 0.310 e. The first-order valence-electron chi connectivity index (χ1n) is 54.1. The van der Waals surface area contributed by atoms with E-state index in [2.05, 4.69) is 381 Å². The van der Waals surface area contributed by atoms with Gasteiger partial charge in [-0.05, 0) is 244 Å². The first-order valence-corrected chi connectivity index (χ1v) is 46.1. The minimum absolute atomic E-state index is 0.0527. The molecule has 0 atom stereocenters. The van der Waals surface area contributed by atoms with Crippen LogP contribution in [0.1, 0.15) is 285 Å². The van der Waals surface area contributed by atoms with Crippen LogP contribution in [0, 0.1) is 0 Å². The number of anilines is 6. The van der Waals surface area contributed by atoms with Gasteiger partial charge in [-0.3, -0.25) is 0 Å². The maximum atomic E-state index is 10.3. The molecule has 0 bridgehead atoms. The summed E-state index contributed by atoms with van der Waals surface area (Å²) in [5.41, 5.74) is 22.5. The van der Waals surface area contributed by atoms with E-state index in [-0.39, 0.29) is 49.0 Å². The van der Waals surface area contributed by atoms with Gasteiger partial charge in [-0.25, -0.2) is 0 Å². The van der Waals surface area contributed by atoms with Gasteiger partial charge in [0, 0.05) is 77.9 Å². The number of hydrogen-bond acceptors (Lipinski definition) is 2. The molecule has 16 aromatic rings. The van der Waals surface area contributed by atoms with Crippen molar-refractivity contribution in [3.05, 3.63) is 328 Å². The van der Waals surface area contributed by atoms with Crippen LogP contribution >= 0.6 is 0 Å². The molecule has 14 aromatic carbocycles. The Morgan fingerprint density at radius 1 is 0.225 bits per heavy atom. The highest BCUT2D eigenvalue weighted by molar-refractivity contribution is 7.00. The van der Waals surface area contributed by atoms with Crippen LogP contribution in [0.25, 0.3) is 111 Å². The second kappa shape index (κ2) is 30.5. The quantitative estimate of drug-likeness (QED) is 0.134. The third kappa shape index (κ3) is 15.6. The lowest BCUT2D eigenvalue weighted by Gasteiger charge is -2.46. The lowest BCUT2D eigenvalue weighted by molar-refractivity contribution is 0.568. The highest BCUT2D eigenvalue weighted by atomic mass is 15.2. The van der Waals surface area contributed by atoms with Gasteiger partial charge < -0.3 is 18.9 Å². The summed E-state index contributed by atoms with van der Waals surface area (Å²) in [6.45, 7) is 66.9. The number of hydrogen-bond donors (Lipinski definition) is 0. The molecule has 2 aromatic heterocycles. The Morgan fingerprint density at radius 2 is 0.535 bits per heavy atom. The van der Waals surface area contributed by atoms with Crippen molar-refractivity contribution in [3.8, 4) is 67.0 Å². The zero-order valence-corrected chi connectivity index (χ0v) is 81.6. The lowest BCUT2D eigenvalue weighted by atomic mass is 9.33. The molecule has 0 N–H and O–H groups in total. The molecule has 18 rings (SSSR count). The normalized spacial score (nSPS) is 15.5. The van der Waals surface area contributed by atoms with Crippen LogP contribution in [0.3, 0.4) is 0 Å². The standard InChI is InChI=1S/C124H135BN4/c1-115(2,3)80-53-51-76(52-54-80)95-70-86(121(19,20)21)73-99(97-69-81(116(4,5)6)55-58-101(97)124(28,29)30)113(95)128-108-74-88(126-104-47-37-32-42-91(104)92-43-33-38-48-105(92)126)56-59-102(108)125-103-60-57-89(127-106-49-39-34-44-93(106)94-45-35-40-50-107(94)127)75-109(103)129(111-66-78(65-110(128)112(111)125)77-61-82(117(7,8)9)67-83(62-77)118(10,11)12)114-96(79-63-84(119(13,14)15)68-85(64-79)120(16,17)18)71-87(122(22,23)24)72-98(114)90-41-31-36-46-100(90)123(25,26)27/h31-75H,1-30H3/i32D,33D,34D,35D,37D,38D,39D,40D,42D,43D,44D,45D,47D,48D,49D,50D. The van der Waals surface area contributed by atoms with E-state index in [9.17, 15) is 21.9 Å². The van der Waals surface area contributed by atoms with Gasteiger partial charge in [-0.1, -0.05) is 395 Å². The fraction of sp³-hybridized carbons (Fsp3) is 0.323. The maximum absolute atomic E-state index is 10.3. The van der Waals surface area contributed by atoms with Gasteiger partial charge in [0.1, 0.15) is 0 Å². The Kier molecular flexibility index (Phi) is 16.6. The van der Waals surface area contributed by atoms with Crippen LogP contribution in [-0.2, 0) is 54.1 Å². The van der Waals surface area contributed by atoms with Gasteiger partial charge >= 0.3 is 0 Å². The van der Waals surface area contributed by atoms with Crippen molar-refractivity contribution in [2.24, 2.45) is 0 Å². The Morgan fingerprint density at radius 3 is 0.915 bits per heavy atom. The second-order valence-corrected chi connectivity index (χ2v) is 46.9. The Bertz CT molecular complexity index is 8000. The summed E-state index contributed by atoms with van der Waals surface area (Å²) in [5.74, 6) is 0. The molecule has 0 saturated heterocycles. The van der Waals surface area contributed by atoms with Gasteiger partial charge in [-0.15, -0.1) is 0 Å². The third-order valence-electron chi connectivity index (χ3n) is 27.1. The predicted molar refractivity (Wildman–Crippen MR) is 563 cm³/mol. The monoisotopic (exact) mass is 1710 g/mol. The first kappa shape index (κ1) is 70.3. The highest BCUT2D eigenvalue weighted by Crippen LogP contribution is 2.59. The molecule has 2 aliphatic heterocycles. The van der Waals surface area contributed by atoms with Gasteiger partial charge in [-0.2, -0.15) is 0 Å². The summed E-state index contributed by atoms with van der Waals surface area (Å²) in [7, 11) is 0. The number of aromatic nitrogens is 2. The minimum atomic E-state index is -0.869. The van der Waals surface area contributed by atoms with Crippen LogP contribution in [0.15, 0.2) is 273 Å². The smallest absolute Gasteiger partial charge is 0.252 e. The topological polar surface area (TPSA) is 16.3 Å². The number of fused-ring (bicyclic) bond motifs is 10. The summed E-state index contributed by atoms with van der Waals surface area (Å²) < 4.78 is 160. The summed E-state index contributed by atoms with van der Waals surface area (Å²) in [6, 6.07) is 57.2. The van der Waals surface area contributed by atoms with Crippen LogP contribution in [-0.4, -0.2) is 15.8 Å². The average molecular weight is 1710 g/mol. The average Bonchev–Trinajstić information content (AvgIpc) is 1.28. The molecule has 4 nitrogen and oxygen atoms in total. The molecule has 654 valence electrons. The van der Waals surface area contributed by atoms with Crippen molar-refractivity contribution in [2.75, 3.05) is 9.80 Å². The molecule has 0 aliphatic carbocycles. The summed E-state index contributed by atoms with van der Waals surface area (Å²) in [6.07, 6.45) is 0. The molecule has 0 fully saturated rings. The second-order valence-electron chi connectivity index (χ2n) is 46.9. The van der Waals surface area contributed by atoms with E-state index in [4.69, 9.17) is 0 Å². The summed E-state index contributed by atoms with van der Waals surface area (Å²) >= 11 is 0. The van der Waals surface area contributed by atoms with Crippen molar-refractivity contribution in [2.45, 2.75) is 262 Å². The van der Waals surface area contributed by atoms with E-state index in [1.165, 1.54) is 0 Å². The van der Waals surface area contributed by atoms with Crippen molar-refractivity contribution in [3.63, 3.8) is 0 Å². The Labute approximate surface area is 794 Å². The van der Waals surface area contributed by atoms with Gasteiger partial charge in [0.15, 0.2) is 0 Å². The third-order valence-corrected chi connectivity index (χ3v) is 27.1. The number of nitrogens with zero attached hydrogens (tertiary/aromatic N) is 4. The molecule has 129 heavy (non-hydrogen) atoms. The van der Waals surface area contributed by atoms with Gasteiger partial charge in [0.05, 0.1) is 55.4 Å². The molecular weight excluding hydrogens is 1560 g/mol. The van der Waals surface area contributed by atoms with Gasteiger partial charge in [0.25, 0.3) is 6.71 Å². The molecular formula is C124H135BN4. The number of para-hydroxylation sites is 4. The predicted octanol–water partition coefficient (Wildman–Crippen LogP) is 33.3. The molecule has 0 spiro atoms. The Balaban J connectivity index is 1.18. The van der Waals surface area contributed by atoms with E-state index in [0.717, 1.165) is 150 Å². The molecule has 0 amide bonds. The fourth-order valence-electron chi connectivity index (χ4n) is 19.4. The molecule has 0 unspecified atom stereocenters. The minimum Gasteiger partial charge on any atom is -0.310 e. The SMILES string of the molecule is [2H]c1c([2H])c([2H])c2c(c1[2H])c1c([2H])c([2H])c([2H])c([2H])c1n2-c1ccc2c(c1)N(c1c(-c3cc(C(C)(C)C)cc(C(C)(C)C)c3)cc(C(C)(C)C)cc1-c1ccccc1C(C)(C)C)c1cc(-c3cc(C(C)(C)C)cc(C(C)(C)C)c3)cc3c1B2c1ccc(-n2c4c([2H])c([2H])c([2H])c([2H])c4c4c([2H])c([2H])c([2H])c([2H])c42)cc1N3c1c(-c2ccc(C(C)(C)C)cc2)cc(C(C)(C)C)cc1-c1cc(C(C)(C)C)ccc1C(C)(C)C. The van der Waals surface area contributed by atoms with Crippen molar-refractivity contribution in [1.82, 2.24) is 9.13 Å². The van der Waals surface area contributed by atoms with Crippen molar-refractivity contribution in [1.29, 1.82) is 0 Å². The van der Waals surface area contributed by atoms with Crippen molar-refractivity contribution < 1.29 is 21.9 Å². The molecule has 4 heterocycles. The molecule has 2 aliphatic rings. The van der Waals surface area contributed by atoms with E-state index >= 15 is 0 Å². The maximum Gasteiger partial charge on any atom is 0.252 e. The molecule has 5 heteroatoms. The van der Waals surface area contributed by atoms with Crippen LogP contribution in [0.4, 0.5) is 34.1 Å². The first-order chi connectivity index (χ1) is 66.9. The van der Waals surface area contributed by atoms with Crippen LogP contribution in [0.2, 0.25) is 0 Å². The number of benzene rings is 14. The highest BCUT2D eigenvalue weighted by Gasteiger charge is 2.48. The van der Waals surface area contributed by atoms with E-state index in [0.29, 0.717) is 22.7 Å². The molecule has 0 radical (unpaired) electrons. The Hall–Kier alpha value is -11.7. The van der Waals surface area contributed by atoms with Crippen LogP contribution < -0.4 is 26.2 Å². The van der Waals surface area contributed by atoms with E-state index < -0.39 is 152 Å². The lowest BCUT2D eigenvalue weighted by Crippen LogP contribution is -2.61. The van der Waals surface area contributed by atoms with Gasteiger partial charge in [0.2, 0.25) is 0 Å². The molecule has 0 saturated carbocycles. The fourth-order valence-corrected chi connectivity index (χ4v) is 19.4. The zero-order chi connectivity index (χ0) is 106. The van der Waals surface area contributed by atoms with E-state index in [1.54, 1.807) is 9.13 Å². The summed E-state index contributed by atoms with van der Waals surface area (Å²) in [5, 5.41) is -0.298.